The highest BCUT2D eigenvalue weighted by molar-refractivity contribution is 7.91. The summed E-state index contributed by atoms with van der Waals surface area (Å²) in [4.78, 5) is 15.0. The van der Waals surface area contributed by atoms with Crippen molar-refractivity contribution in [2.75, 3.05) is 18.9 Å². The van der Waals surface area contributed by atoms with E-state index < -0.39 is 10.2 Å². The molecule has 18 heavy (non-hydrogen) atoms. The SMILES string of the molecule is CNS(=O)(=O)Nc1nc(CCCC(=O)OC)cs1. The van der Waals surface area contributed by atoms with Crippen molar-refractivity contribution in [3.63, 3.8) is 0 Å². The first kappa shape index (κ1) is 14.9. The van der Waals surface area contributed by atoms with Gasteiger partial charge in [-0.1, -0.05) is 0 Å². The van der Waals surface area contributed by atoms with Crippen LogP contribution in [-0.2, 0) is 26.2 Å². The molecule has 102 valence electrons. The van der Waals surface area contributed by atoms with Crippen molar-refractivity contribution in [3.05, 3.63) is 11.1 Å². The lowest BCUT2D eigenvalue weighted by molar-refractivity contribution is -0.140. The third-order valence-corrected chi connectivity index (χ3v) is 4.02. The first-order valence-electron chi connectivity index (χ1n) is 5.19. The fraction of sp³-hybridized carbons (Fsp3) is 0.556. The predicted octanol–water partition coefficient (Wildman–Crippen LogP) is 0.515. The Kier molecular flexibility index (Phi) is 5.51. The Morgan fingerprint density at radius 2 is 2.28 bits per heavy atom. The molecule has 0 atom stereocenters. The number of ether oxygens (including phenoxy) is 1. The lowest BCUT2D eigenvalue weighted by atomic mass is 10.2. The molecule has 0 aromatic carbocycles. The van der Waals surface area contributed by atoms with E-state index in [1.807, 2.05) is 0 Å². The van der Waals surface area contributed by atoms with E-state index in [-0.39, 0.29) is 5.97 Å². The smallest absolute Gasteiger partial charge is 0.305 e. The summed E-state index contributed by atoms with van der Waals surface area (Å²) < 4.78 is 31.3. The van der Waals surface area contributed by atoms with Crippen molar-refractivity contribution in [1.82, 2.24) is 9.71 Å². The van der Waals surface area contributed by atoms with Crippen LogP contribution >= 0.6 is 11.3 Å². The number of hydrogen-bond donors (Lipinski definition) is 2. The topological polar surface area (TPSA) is 97.4 Å². The molecular weight excluding hydrogens is 278 g/mol. The summed E-state index contributed by atoms with van der Waals surface area (Å²) in [5.74, 6) is -0.263. The second-order valence-electron chi connectivity index (χ2n) is 3.38. The molecule has 0 unspecified atom stereocenters. The zero-order chi connectivity index (χ0) is 13.6. The second-order valence-corrected chi connectivity index (χ2v) is 5.86. The molecule has 7 nitrogen and oxygen atoms in total. The Balaban J connectivity index is 2.46. The van der Waals surface area contributed by atoms with E-state index in [9.17, 15) is 13.2 Å². The highest BCUT2D eigenvalue weighted by Crippen LogP contribution is 2.17. The molecule has 0 bridgehead atoms. The van der Waals surface area contributed by atoms with Gasteiger partial charge in [0.25, 0.3) is 0 Å². The molecule has 1 aromatic heterocycles. The van der Waals surface area contributed by atoms with Crippen LogP contribution in [0.25, 0.3) is 0 Å². The van der Waals surface area contributed by atoms with Crippen LogP contribution in [0.5, 0.6) is 0 Å². The summed E-state index contributed by atoms with van der Waals surface area (Å²) in [6.07, 6.45) is 1.55. The van der Waals surface area contributed by atoms with Crippen LogP contribution < -0.4 is 9.44 Å². The molecule has 0 saturated carbocycles. The van der Waals surface area contributed by atoms with Crippen LogP contribution in [0, 0.1) is 0 Å². The Morgan fingerprint density at radius 1 is 1.56 bits per heavy atom. The van der Waals surface area contributed by atoms with Crippen LogP contribution in [0.1, 0.15) is 18.5 Å². The van der Waals surface area contributed by atoms with Crippen molar-refractivity contribution < 1.29 is 17.9 Å². The van der Waals surface area contributed by atoms with E-state index in [2.05, 4.69) is 19.2 Å². The van der Waals surface area contributed by atoms with E-state index in [1.165, 1.54) is 25.5 Å². The first-order chi connectivity index (χ1) is 8.46. The number of hydrogen-bond acceptors (Lipinski definition) is 6. The lowest BCUT2D eigenvalue weighted by Gasteiger charge is -2.01. The van der Waals surface area contributed by atoms with Crippen LogP contribution in [0.15, 0.2) is 5.38 Å². The Hall–Kier alpha value is -1.19. The fourth-order valence-electron chi connectivity index (χ4n) is 1.15. The summed E-state index contributed by atoms with van der Waals surface area (Å²) in [7, 11) is -0.868. The van der Waals surface area contributed by atoms with E-state index in [0.717, 1.165) is 5.69 Å². The molecule has 0 radical (unpaired) electrons. The molecule has 2 N–H and O–H groups in total. The van der Waals surface area contributed by atoms with Gasteiger partial charge in [0.2, 0.25) is 0 Å². The van der Waals surface area contributed by atoms with Gasteiger partial charge in [-0.15, -0.1) is 11.3 Å². The first-order valence-corrected chi connectivity index (χ1v) is 7.55. The summed E-state index contributed by atoms with van der Waals surface area (Å²) in [5.41, 5.74) is 0.748. The molecule has 1 heterocycles. The third kappa shape index (κ3) is 4.98. The molecule has 0 spiro atoms. The van der Waals surface area contributed by atoms with E-state index in [1.54, 1.807) is 5.38 Å². The van der Waals surface area contributed by atoms with Gasteiger partial charge in [0.05, 0.1) is 12.8 Å². The fourth-order valence-corrected chi connectivity index (χ4v) is 2.64. The maximum Gasteiger partial charge on any atom is 0.305 e. The van der Waals surface area contributed by atoms with Gasteiger partial charge in [0.15, 0.2) is 5.13 Å². The standard InChI is InChI=1S/C9H15N3O4S2/c1-10-18(14,15)12-9-11-7(6-17-9)4-3-5-8(13)16-2/h6,10H,3-5H2,1-2H3,(H,11,12). The highest BCUT2D eigenvalue weighted by atomic mass is 32.2. The molecule has 1 rings (SSSR count). The third-order valence-electron chi connectivity index (χ3n) is 2.08. The van der Waals surface area contributed by atoms with Crippen LogP contribution in [-0.4, -0.2) is 33.5 Å². The molecule has 0 fully saturated rings. The summed E-state index contributed by atoms with van der Waals surface area (Å²) >= 11 is 1.20. The van der Waals surface area contributed by atoms with Crippen LogP contribution in [0.2, 0.25) is 0 Å². The number of rotatable bonds is 7. The summed E-state index contributed by atoms with van der Waals surface area (Å²) in [5, 5.41) is 2.06. The van der Waals surface area contributed by atoms with Crippen molar-refractivity contribution in [2.24, 2.45) is 0 Å². The number of thiazole rings is 1. The normalized spacial score (nSPS) is 11.2. The number of carbonyl (C=O) groups excluding carboxylic acids is 1. The van der Waals surface area contributed by atoms with Gasteiger partial charge in [-0.25, -0.2) is 14.4 Å². The summed E-state index contributed by atoms with van der Waals surface area (Å²) in [6, 6.07) is 0. The number of anilines is 1. The monoisotopic (exact) mass is 293 g/mol. The van der Waals surface area contributed by atoms with Gasteiger partial charge in [-0.2, -0.15) is 8.42 Å². The van der Waals surface area contributed by atoms with Crippen LogP contribution in [0.3, 0.4) is 0 Å². The highest BCUT2D eigenvalue weighted by Gasteiger charge is 2.10. The minimum Gasteiger partial charge on any atom is -0.469 e. The minimum absolute atomic E-state index is 0.263. The summed E-state index contributed by atoms with van der Waals surface area (Å²) in [6.45, 7) is 0. The minimum atomic E-state index is -3.52. The zero-order valence-corrected chi connectivity index (χ0v) is 11.7. The van der Waals surface area contributed by atoms with Crippen molar-refractivity contribution >= 4 is 32.6 Å². The molecule has 0 aliphatic heterocycles. The van der Waals surface area contributed by atoms with E-state index in [0.29, 0.717) is 24.4 Å². The van der Waals surface area contributed by atoms with Crippen molar-refractivity contribution in [2.45, 2.75) is 19.3 Å². The quantitative estimate of drug-likeness (QED) is 0.714. The molecular formula is C9H15N3O4S2. The number of esters is 1. The average Bonchev–Trinajstić information content (AvgIpc) is 2.75. The number of methoxy groups -OCH3 is 1. The second kappa shape index (κ2) is 6.66. The van der Waals surface area contributed by atoms with Gasteiger partial charge in [0, 0.05) is 18.8 Å². The maximum absolute atomic E-state index is 11.2. The Bertz CT molecular complexity index is 498. The number of nitrogens with zero attached hydrogens (tertiary/aromatic N) is 1. The average molecular weight is 293 g/mol. The van der Waals surface area contributed by atoms with Crippen molar-refractivity contribution in [3.8, 4) is 0 Å². The van der Waals surface area contributed by atoms with E-state index >= 15 is 0 Å². The molecule has 0 aliphatic carbocycles. The number of aromatic nitrogens is 1. The molecule has 0 amide bonds. The zero-order valence-electron chi connectivity index (χ0n) is 10.1. The van der Waals surface area contributed by atoms with Gasteiger partial charge in [0.1, 0.15) is 0 Å². The Labute approximate surface area is 110 Å². The van der Waals surface area contributed by atoms with Gasteiger partial charge in [-0.05, 0) is 12.8 Å². The lowest BCUT2D eigenvalue weighted by Crippen LogP contribution is -2.26. The van der Waals surface area contributed by atoms with Gasteiger partial charge in [-0.3, -0.25) is 4.79 Å². The molecule has 1 aromatic rings. The Morgan fingerprint density at radius 3 is 2.89 bits per heavy atom. The number of aryl methyl sites for hydroxylation is 1. The van der Waals surface area contributed by atoms with Gasteiger partial charge < -0.3 is 4.74 Å². The molecule has 0 aliphatic rings. The molecule has 9 heteroatoms. The number of carbonyl (C=O) groups is 1. The van der Waals surface area contributed by atoms with Gasteiger partial charge >= 0.3 is 16.2 Å². The largest absolute Gasteiger partial charge is 0.469 e. The van der Waals surface area contributed by atoms with E-state index in [4.69, 9.17) is 0 Å². The predicted molar refractivity (Wildman–Crippen MR) is 68.7 cm³/mol. The number of nitrogens with one attached hydrogen (secondary N) is 2. The maximum atomic E-state index is 11.2. The molecule has 0 saturated heterocycles. The van der Waals surface area contributed by atoms with Crippen molar-refractivity contribution in [1.29, 1.82) is 0 Å². The van der Waals surface area contributed by atoms with Crippen LogP contribution in [0.4, 0.5) is 5.13 Å².